The van der Waals surface area contributed by atoms with Crippen molar-refractivity contribution in [1.29, 1.82) is 0 Å². The summed E-state index contributed by atoms with van der Waals surface area (Å²) in [6.45, 7) is 0.305. The average Bonchev–Trinajstić information content (AvgIpc) is 3.27. The number of ether oxygens (including phenoxy) is 1. The Morgan fingerprint density at radius 2 is 1.59 bits per heavy atom. The third-order valence-electron chi connectivity index (χ3n) is 4.04. The molecule has 3 rings (SSSR count). The van der Waals surface area contributed by atoms with Gasteiger partial charge in [0.2, 0.25) is 0 Å². The Morgan fingerprint density at radius 3 is 2.21 bits per heavy atom. The van der Waals surface area contributed by atoms with Crippen LogP contribution in [-0.2, 0) is 4.79 Å². The highest BCUT2D eigenvalue weighted by Crippen LogP contribution is 2.16. The molecule has 7 heteroatoms. The lowest BCUT2D eigenvalue weighted by molar-refractivity contribution is -0.134. The van der Waals surface area contributed by atoms with Crippen LogP contribution in [0.4, 0.5) is 4.39 Å². The van der Waals surface area contributed by atoms with Crippen LogP contribution in [0.3, 0.4) is 0 Å². The minimum absolute atomic E-state index is 0.120. The third kappa shape index (κ3) is 5.62. The van der Waals surface area contributed by atoms with Crippen molar-refractivity contribution in [3.05, 3.63) is 89.6 Å². The highest BCUT2D eigenvalue weighted by Gasteiger charge is 2.11. The van der Waals surface area contributed by atoms with Crippen molar-refractivity contribution in [3.63, 3.8) is 0 Å². The number of nitrogens with one attached hydrogen (secondary N) is 1. The molecule has 1 heterocycles. The lowest BCUT2D eigenvalue weighted by Gasteiger charge is -2.06. The van der Waals surface area contributed by atoms with Crippen molar-refractivity contribution in [2.24, 2.45) is 0 Å². The van der Waals surface area contributed by atoms with Gasteiger partial charge in [-0.25, -0.2) is 4.39 Å². The Morgan fingerprint density at radius 1 is 0.931 bits per heavy atom. The number of furan rings is 1. The fourth-order valence-corrected chi connectivity index (χ4v) is 2.55. The predicted molar refractivity (Wildman–Crippen MR) is 102 cm³/mol. The normalized spacial score (nSPS) is 10.4. The van der Waals surface area contributed by atoms with E-state index in [-0.39, 0.29) is 23.9 Å². The summed E-state index contributed by atoms with van der Waals surface area (Å²) in [6, 6.07) is 14.6. The van der Waals surface area contributed by atoms with E-state index in [1.807, 2.05) is 0 Å². The quantitative estimate of drug-likeness (QED) is 0.272. The van der Waals surface area contributed by atoms with Crippen molar-refractivity contribution in [2.75, 3.05) is 6.54 Å². The molecule has 0 saturated carbocycles. The topological polar surface area (TPSA) is 85.6 Å². The first-order valence-corrected chi connectivity index (χ1v) is 8.95. The Kier molecular flexibility index (Phi) is 6.52. The second kappa shape index (κ2) is 9.45. The maximum Gasteiger partial charge on any atom is 0.311 e. The number of carbonyl (C=O) groups is 3. The molecule has 148 valence electrons. The van der Waals surface area contributed by atoms with Crippen LogP contribution in [0.15, 0.2) is 71.3 Å². The molecular weight excluding hydrogens is 377 g/mol. The molecule has 0 aliphatic heterocycles. The molecule has 1 amide bonds. The number of ketones is 1. The van der Waals surface area contributed by atoms with Gasteiger partial charge >= 0.3 is 5.97 Å². The van der Waals surface area contributed by atoms with Gasteiger partial charge in [0, 0.05) is 24.1 Å². The SMILES string of the molecule is O=C(CCCNC(=O)c1ccco1)Oc1ccc(C(=O)c2ccc(F)cc2)cc1. The van der Waals surface area contributed by atoms with E-state index in [1.165, 1.54) is 54.8 Å². The number of amides is 1. The van der Waals surface area contributed by atoms with Crippen molar-refractivity contribution in [2.45, 2.75) is 12.8 Å². The first-order chi connectivity index (χ1) is 14.0. The fourth-order valence-electron chi connectivity index (χ4n) is 2.55. The molecule has 3 aromatic rings. The molecule has 0 spiro atoms. The van der Waals surface area contributed by atoms with E-state index in [9.17, 15) is 18.8 Å². The van der Waals surface area contributed by atoms with E-state index < -0.39 is 11.8 Å². The minimum atomic E-state index is -0.449. The third-order valence-corrected chi connectivity index (χ3v) is 4.04. The van der Waals surface area contributed by atoms with Crippen molar-refractivity contribution in [3.8, 4) is 5.75 Å². The van der Waals surface area contributed by atoms with Crippen molar-refractivity contribution in [1.82, 2.24) is 5.32 Å². The number of hydrogen-bond donors (Lipinski definition) is 1. The second-order valence-electron chi connectivity index (χ2n) is 6.17. The van der Waals surface area contributed by atoms with Crippen LogP contribution in [0, 0.1) is 5.82 Å². The van der Waals surface area contributed by atoms with E-state index in [4.69, 9.17) is 9.15 Å². The van der Waals surface area contributed by atoms with Gasteiger partial charge in [-0.15, -0.1) is 0 Å². The molecular formula is C22H18FNO5. The standard InChI is InChI=1S/C22H18FNO5/c23-17-9-5-15(6-10-17)21(26)16-7-11-18(12-8-16)29-20(25)4-1-13-24-22(27)19-3-2-14-28-19/h2-3,5-12,14H,1,4,13H2,(H,24,27). The Labute approximate surface area is 166 Å². The molecule has 0 aliphatic rings. The van der Waals surface area contributed by atoms with Crippen LogP contribution >= 0.6 is 0 Å². The van der Waals surface area contributed by atoms with Gasteiger partial charge < -0.3 is 14.5 Å². The zero-order chi connectivity index (χ0) is 20.6. The van der Waals surface area contributed by atoms with E-state index in [2.05, 4.69) is 5.32 Å². The monoisotopic (exact) mass is 395 g/mol. The maximum absolute atomic E-state index is 13.0. The number of rotatable bonds is 8. The summed E-state index contributed by atoms with van der Waals surface area (Å²) in [4.78, 5) is 35.9. The van der Waals surface area contributed by atoms with Crippen LogP contribution in [0.1, 0.15) is 39.3 Å². The molecule has 2 aromatic carbocycles. The molecule has 0 fully saturated rings. The Bertz CT molecular complexity index is 979. The average molecular weight is 395 g/mol. The summed E-state index contributed by atoms with van der Waals surface area (Å²) < 4.78 is 23.1. The zero-order valence-corrected chi connectivity index (χ0v) is 15.4. The number of hydrogen-bond acceptors (Lipinski definition) is 5. The minimum Gasteiger partial charge on any atom is -0.459 e. The van der Waals surface area contributed by atoms with Crippen molar-refractivity contribution >= 4 is 17.7 Å². The summed E-state index contributed by atoms with van der Waals surface area (Å²) in [6.07, 6.45) is 1.94. The largest absolute Gasteiger partial charge is 0.459 e. The van der Waals surface area contributed by atoms with Gasteiger partial charge in [0.15, 0.2) is 11.5 Å². The second-order valence-corrected chi connectivity index (χ2v) is 6.17. The maximum atomic E-state index is 13.0. The van der Waals surface area contributed by atoms with E-state index in [0.717, 1.165) is 0 Å². The summed E-state index contributed by atoms with van der Waals surface area (Å²) in [5.74, 6) is -0.938. The molecule has 0 radical (unpaired) electrons. The van der Waals surface area contributed by atoms with Crippen LogP contribution in [-0.4, -0.2) is 24.2 Å². The molecule has 0 saturated heterocycles. The Hall–Kier alpha value is -3.74. The predicted octanol–water partition coefficient (Wildman–Crippen LogP) is 3.77. The lowest BCUT2D eigenvalue weighted by atomic mass is 10.0. The van der Waals surface area contributed by atoms with Gasteiger partial charge in [-0.05, 0) is 67.1 Å². The van der Waals surface area contributed by atoms with E-state index in [0.29, 0.717) is 29.8 Å². The van der Waals surface area contributed by atoms with Crippen LogP contribution in [0.25, 0.3) is 0 Å². The first-order valence-electron chi connectivity index (χ1n) is 8.95. The van der Waals surface area contributed by atoms with Crippen molar-refractivity contribution < 1.29 is 27.9 Å². The van der Waals surface area contributed by atoms with Gasteiger partial charge in [-0.2, -0.15) is 0 Å². The molecule has 0 bridgehead atoms. The number of carbonyl (C=O) groups excluding carboxylic acids is 3. The molecule has 1 aromatic heterocycles. The summed E-state index contributed by atoms with van der Waals surface area (Å²) in [5, 5.41) is 2.64. The number of halogens is 1. The van der Waals surface area contributed by atoms with E-state index in [1.54, 1.807) is 12.1 Å². The smallest absolute Gasteiger partial charge is 0.311 e. The molecule has 0 unspecified atom stereocenters. The number of esters is 1. The van der Waals surface area contributed by atoms with Crippen LogP contribution < -0.4 is 10.1 Å². The van der Waals surface area contributed by atoms with Gasteiger partial charge in [0.05, 0.1) is 6.26 Å². The zero-order valence-electron chi connectivity index (χ0n) is 15.4. The van der Waals surface area contributed by atoms with Gasteiger partial charge in [0.25, 0.3) is 5.91 Å². The summed E-state index contributed by atoms with van der Waals surface area (Å²) in [5.41, 5.74) is 0.768. The van der Waals surface area contributed by atoms with Crippen LogP contribution in [0.5, 0.6) is 5.75 Å². The molecule has 0 aliphatic carbocycles. The van der Waals surface area contributed by atoms with E-state index >= 15 is 0 Å². The highest BCUT2D eigenvalue weighted by molar-refractivity contribution is 6.09. The fraction of sp³-hybridized carbons (Fsp3) is 0.136. The summed E-state index contributed by atoms with van der Waals surface area (Å²) >= 11 is 0. The summed E-state index contributed by atoms with van der Waals surface area (Å²) in [7, 11) is 0. The lowest BCUT2D eigenvalue weighted by Crippen LogP contribution is -2.24. The number of benzene rings is 2. The molecule has 6 nitrogen and oxygen atoms in total. The highest BCUT2D eigenvalue weighted by atomic mass is 19.1. The molecule has 1 N–H and O–H groups in total. The van der Waals surface area contributed by atoms with Gasteiger partial charge in [-0.1, -0.05) is 0 Å². The first kappa shape index (κ1) is 20.0. The molecule has 0 atom stereocenters. The van der Waals surface area contributed by atoms with Gasteiger partial charge in [0.1, 0.15) is 11.6 Å². The molecule has 29 heavy (non-hydrogen) atoms. The van der Waals surface area contributed by atoms with Crippen LogP contribution in [0.2, 0.25) is 0 Å². The van der Waals surface area contributed by atoms with Gasteiger partial charge in [-0.3, -0.25) is 14.4 Å². The Balaban J connectivity index is 1.44.